The van der Waals surface area contributed by atoms with Gasteiger partial charge in [0.2, 0.25) is 17.7 Å². The first-order valence-corrected chi connectivity index (χ1v) is 11.9. The number of carbonyl (C=O) groups is 1. The molecule has 1 saturated carbocycles. The van der Waals surface area contributed by atoms with Gasteiger partial charge in [-0.3, -0.25) is 4.79 Å². The number of nitrogens with zero attached hydrogens (tertiary/aromatic N) is 4. The fraction of sp³-hybridized carbons (Fsp3) is 0.308. The number of amides is 1. The SMILES string of the molecule is Cc1noc(C)c1COc1ccc(CC(=O)N(Cc2nnc(-c3ccccc3Cl)o2)C2CC2)cc1. The maximum atomic E-state index is 13.1. The number of hydrogen-bond donors (Lipinski definition) is 0. The van der Waals surface area contributed by atoms with Crippen LogP contribution in [0.5, 0.6) is 5.75 Å². The number of aromatic nitrogens is 3. The number of halogens is 1. The molecule has 0 spiro atoms. The molecule has 0 saturated heterocycles. The predicted molar refractivity (Wildman–Crippen MR) is 129 cm³/mol. The van der Waals surface area contributed by atoms with Crippen LogP contribution in [0.15, 0.2) is 57.5 Å². The van der Waals surface area contributed by atoms with Gasteiger partial charge in [-0.05, 0) is 56.5 Å². The van der Waals surface area contributed by atoms with E-state index in [9.17, 15) is 4.79 Å². The highest BCUT2D eigenvalue weighted by atomic mass is 35.5. The Morgan fingerprint density at radius 1 is 1.11 bits per heavy atom. The van der Waals surface area contributed by atoms with Crippen molar-refractivity contribution in [1.82, 2.24) is 20.3 Å². The van der Waals surface area contributed by atoms with Crippen LogP contribution in [0.3, 0.4) is 0 Å². The first kappa shape index (κ1) is 23.1. The Bertz CT molecular complexity index is 1310. The molecule has 35 heavy (non-hydrogen) atoms. The minimum absolute atomic E-state index is 0.0226. The molecule has 9 heteroatoms. The number of aryl methyl sites for hydroxylation is 2. The number of rotatable bonds is 9. The van der Waals surface area contributed by atoms with Gasteiger partial charge < -0.3 is 18.6 Å². The van der Waals surface area contributed by atoms with Gasteiger partial charge in [-0.1, -0.05) is 41.0 Å². The van der Waals surface area contributed by atoms with Crippen molar-refractivity contribution in [3.8, 4) is 17.2 Å². The van der Waals surface area contributed by atoms with Gasteiger partial charge >= 0.3 is 0 Å². The molecule has 5 rings (SSSR count). The Balaban J connectivity index is 1.21. The van der Waals surface area contributed by atoms with E-state index in [4.69, 9.17) is 25.3 Å². The van der Waals surface area contributed by atoms with Gasteiger partial charge in [0.25, 0.3) is 0 Å². The van der Waals surface area contributed by atoms with Crippen LogP contribution in [0.4, 0.5) is 0 Å². The summed E-state index contributed by atoms with van der Waals surface area (Å²) in [7, 11) is 0. The summed E-state index contributed by atoms with van der Waals surface area (Å²) in [5.74, 6) is 2.24. The van der Waals surface area contributed by atoms with Crippen LogP contribution >= 0.6 is 11.6 Å². The third-order valence-electron chi connectivity index (χ3n) is 6.03. The predicted octanol–water partition coefficient (Wildman–Crippen LogP) is 5.31. The quantitative estimate of drug-likeness (QED) is 0.312. The monoisotopic (exact) mass is 492 g/mol. The summed E-state index contributed by atoms with van der Waals surface area (Å²) in [5, 5.41) is 12.7. The van der Waals surface area contributed by atoms with Crippen LogP contribution in [0.2, 0.25) is 5.02 Å². The lowest BCUT2D eigenvalue weighted by Crippen LogP contribution is -2.33. The van der Waals surface area contributed by atoms with Crippen LogP contribution in [-0.4, -0.2) is 32.2 Å². The molecule has 180 valence electrons. The summed E-state index contributed by atoms with van der Waals surface area (Å²) >= 11 is 6.24. The van der Waals surface area contributed by atoms with Crippen molar-refractivity contribution in [2.75, 3.05) is 0 Å². The van der Waals surface area contributed by atoms with Crippen molar-refractivity contribution in [3.05, 3.63) is 82.0 Å². The smallest absolute Gasteiger partial charge is 0.249 e. The lowest BCUT2D eigenvalue weighted by molar-refractivity contribution is -0.132. The molecule has 0 aliphatic heterocycles. The van der Waals surface area contributed by atoms with E-state index in [2.05, 4.69) is 15.4 Å². The lowest BCUT2D eigenvalue weighted by Gasteiger charge is -2.20. The minimum Gasteiger partial charge on any atom is -0.489 e. The maximum absolute atomic E-state index is 13.1. The zero-order valence-electron chi connectivity index (χ0n) is 19.5. The molecule has 0 radical (unpaired) electrons. The van der Waals surface area contributed by atoms with Crippen molar-refractivity contribution < 1.29 is 18.5 Å². The molecular weight excluding hydrogens is 468 g/mol. The maximum Gasteiger partial charge on any atom is 0.249 e. The van der Waals surface area contributed by atoms with Crippen LogP contribution < -0.4 is 4.74 Å². The van der Waals surface area contributed by atoms with Gasteiger partial charge in [0.05, 0.1) is 34.8 Å². The minimum atomic E-state index is 0.0226. The second kappa shape index (κ2) is 9.92. The molecular formula is C26H25ClN4O4. The fourth-order valence-electron chi connectivity index (χ4n) is 3.86. The normalized spacial score (nSPS) is 13.1. The van der Waals surface area contributed by atoms with Gasteiger partial charge in [-0.15, -0.1) is 10.2 Å². The second-order valence-corrected chi connectivity index (χ2v) is 9.05. The van der Waals surface area contributed by atoms with Crippen molar-refractivity contribution in [2.24, 2.45) is 0 Å². The van der Waals surface area contributed by atoms with E-state index in [0.717, 1.165) is 41.2 Å². The zero-order valence-corrected chi connectivity index (χ0v) is 20.3. The molecule has 0 bridgehead atoms. The Morgan fingerprint density at radius 2 is 1.89 bits per heavy atom. The summed E-state index contributed by atoms with van der Waals surface area (Å²) in [6.45, 7) is 4.42. The summed E-state index contributed by atoms with van der Waals surface area (Å²) in [6, 6.07) is 15.1. The molecule has 1 aliphatic carbocycles. The standard InChI is InChI=1S/C26H25ClN4O4/c1-16-22(17(2)35-30-16)15-33-20-11-7-18(8-12-20)13-25(32)31(19-9-10-19)14-24-28-29-26(34-24)21-5-3-4-6-23(21)27/h3-8,11-12,19H,9-10,13-15H2,1-2H3. The largest absolute Gasteiger partial charge is 0.489 e. The van der Waals surface area contributed by atoms with Crippen molar-refractivity contribution in [2.45, 2.75) is 52.3 Å². The Hall–Kier alpha value is -3.65. The van der Waals surface area contributed by atoms with E-state index in [-0.39, 0.29) is 24.9 Å². The van der Waals surface area contributed by atoms with Gasteiger partial charge in [-0.25, -0.2) is 0 Å². The second-order valence-electron chi connectivity index (χ2n) is 8.65. The van der Waals surface area contributed by atoms with Gasteiger partial charge in [-0.2, -0.15) is 0 Å². The third kappa shape index (κ3) is 5.38. The van der Waals surface area contributed by atoms with Crippen molar-refractivity contribution >= 4 is 17.5 Å². The zero-order chi connectivity index (χ0) is 24.4. The number of ether oxygens (including phenoxy) is 1. The van der Waals surface area contributed by atoms with E-state index < -0.39 is 0 Å². The lowest BCUT2D eigenvalue weighted by atomic mass is 10.1. The highest BCUT2D eigenvalue weighted by Gasteiger charge is 2.33. The van der Waals surface area contributed by atoms with Gasteiger partial charge in [0.15, 0.2) is 0 Å². The third-order valence-corrected chi connectivity index (χ3v) is 6.36. The Morgan fingerprint density at radius 3 is 2.57 bits per heavy atom. The number of carbonyl (C=O) groups excluding carboxylic acids is 1. The summed E-state index contributed by atoms with van der Waals surface area (Å²) in [4.78, 5) is 15.0. The first-order valence-electron chi connectivity index (χ1n) is 11.5. The van der Waals surface area contributed by atoms with E-state index in [1.54, 1.807) is 6.07 Å². The van der Waals surface area contributed by atoms with E-state index in [0.29, 0.717) is 29.0 Å². The molecule has 2 heterocycles. The van der Waals surface area contributed by atoms with Gasteiger partial charge in [0.1, 0.15) is 18.1 Å². The Kier molecular flexibility index (Phi) is 6.55. The van der Waals surface area contributed by atoms with Crippen molar-refractivity contribution in [1.29, 1.82) is 0 Å². The average Bonchev–Trinajstić information content (AvgIpc) is 3.51. The van der Waals surface area contributed by atoms with E-state index in [1.165, 1.54) is 0 Å². The van der Waals surface area contributed by atoms with Crippen LogP contribution in [0.25, 0.3) is 11.5 Å². The molecule has 8 nitrogen and oxygen atoms in total. The molecule has 1 fully saturated rings. The van der Waals surface area contributed by atoms with E-state index in [1.807, 2.05) is 61.2 Å². The molecule has 0 atom stereocenters. The average molecular weight is 493 g/mol. The molecule has 2 aromatic carbocycles. The molecule has 1 amide bonds. The molecule has 2 aromatic heterocycles. The van der Waals surface area contributed by atoms with Crippen molar-refractivity contribution in [3.63, 3.8) is 0 Å². The molecule has 4 aromatic rings. The summed E-state index contributed by atoms with van der Waals surface area (Å²) < 4.78 is 16.9. The van der Waals surface area contributed by atoms with Gasteiger partial charge in [0, 0.05) is 6.04 Å². The fourth-order valence-corrected chi connectivity index (χ4v) is 4.07. The highest BCUT2D eigenvalue weighted by molar-refractivity contribution is 6.33. The first-order chi connectivity index (χ1) is 17.0. The summed E-state index contributed by atoms with van der Waals surface area (Å²) in [6.07, 6.45) is 2.24. The Labute approximate surface area is 207 Å². The van der Waals surface area contributed by atoms with Crippen LogP contribution in [0.1, 0.15) is 41.3 Å². The molecule has 0 unspecified atom stereocenters. The van der Waals surface area contributed by atoms with E-state index >= 15 is 0 Å². The molecule has 1 aliphatic rings. The number of benzene rings is 2. The molecule has 0 N–H and O–H groups in total. The summed E-state index contributed by atoms with van der Waals surface area (Å²) in [5.41, 5.74) is 3.36. The number of hydrogen-bond acceptors (Lipinski definition) is 7. The highest BCUT2D eigenvalue weighted by Crippen LogP contribution is 2.31. The van der Waals surface area contributed by atoms with Crippen LogP contribution in [-0.2, 0) is 24.4 Å². The van der Waals surface area contributed by atoms with Crippen LogP contribution in [0, 0.1) is 13.8 Å². The topological polar surface area (TPSA) is 94.5 Å².